The fourth-order valence-electron chi connectivity index (χ4n) is 5.70. The van der Waals surface area contributed by atoms with E-state index >= 15 is 0 Å². The van der Waals surface area contributed by atoms with Gasteiger partial charge >= 0.3 is 0 Å². The van der Waals surface area contributed by atoms with E-state index < -0.39 is 12.3 Å². The molecule has 3 saturated heterocycles. The van der Waals surface area contributed by atoms with Crippen LogP contribution in [0.5, 0.6) is 0 Å². The summed E-state index contributed by atoms with van der Waals surface area (Å²) in [7, 11) is 1.50. The summed E-state index contributed by atoms with van der Waals surface area (Å²) < 4.78 is 25.2. The van der Waals surface area contributed by atoms with Crippen molar-refractivity contribution >= 4 is 46.8 Å². The van der Waals surface area contributed by atoms with E-state index in [0.717, 1.165) is 43.3 Å². The van der Waals surface area contributed by atoms with Crippen molar-refractivity contribution in [2.75, 3.05) is 55.0 Å². The van der Waals surface area contributed by atoms with Crippen molar-refractivity contribution in [3.05, 3.63) is 41.9 Å². The molecule has 6 heterocycles. The van der Waals surface area contributed by atoms with Crippen molar-refractivity contribution in [1.82, 2.24) is 24.9 Å². The summed E-state index contributed by atoms with van der Waals surface area (Å²) in [6.45, 7) is 5.10. The van der Waals surface area contributed by atoms with Crippen LogP contribution in [0.1, 0.15) is 19.8 Å². The van der Waals surface area contributed by atoms with Gasteiger partial charge in [-0.05, 0) is 31.9 Å². The van der Waals surface area contributed by atoms with Crippen LogP contribution in [0.4, 0.5) is 27.8 Å². The standard InChI is InChI=1S/C27H33ClFN9O2S/c1-16-24(30)27(15-40-16)5-9-37(10-6-27)21-11-34-22(12-33-21)41-19-3-7-31-25(23(19)28)35-20-4-8-32-26(36-20)38-13-17(29)18(14-38)39-2/h3-4,7-8,11-12,16-18,24H,5-6,9-10,13-15,30H2,1-2H3,(H,31,32,35,36)/t16-,17+,18-,24+/m0/s1. The first-order chi connectivity index (χ1) is 19.8. The van der Waals surface area contributed by atoms with Gasteiger partial charge in [0.15, 0.2) is 5.82 Å². The average Bonchev–Trinajstić information content (AvgIpc) is 3.51. The Morgan fingerprint density at radius 3 is 2.61 bits per heavy atom. The summed E-state index contributed by atoms with van der Waals surface area (Å²) in [5.74, 6) is 2.19. The Hall–Kier alpha value is -2.84. The van der Waals surface area contributed by atoms with Crippen LogP contribution in [0.3, 0.4) is 0 Å². The molecule has 3 aliphatic rings. The van der Waals surface area contributed by atoms with Gasteiger partial charge in [0.05, 0.1) is 43.2 Å². The molecule has 4 atom stereocenters. The minimum Gasteiger partial charge on any atom is -0.377 e. The van der Waals surface area contributed by atoms with Crippen LogP contribution in [0.15, 0.2) is 46.8 Å². The Bertz CT molecular complexity index is 1360. The van der Waals surface area contributed by atoms with Gasteiger partial charge in [-0.15, -0.1) is 0 Å². The van der Waals surface area contributed by atoms with Crippen LogP contribution in [-0.2, 0) is 9.47 Å². The minimum atomic E-state index is -1.09. The molecule has 3 aromatic rings. The molecule has 0 aromatic carbocycles. The monoisotopic (exact) mass is 601 g/mol. The predicted molar refractivity (Wildman–Crippen MR) is 156 cm³/mol. The van der Waals surface area contributed by atoms with E-state index in [1.54, 1.807) is 35.8 Å². The Morgan fingerprint density at radius 2 is 1.93 bits per heavy atom. The fraction of sp³-hybridized carbons (Fsp3) is 0.519. The molecule has 0 amide bonds. The van der Waals surface area contributed by atoms with Crippen LogP contribution in [0.25, 0.3) is 0 Å². The molecule has 0 saturated carbocycles. The van der Waals surface area contributed by atoms with Crippen LogP contribution in [0, 0.1) is 5.41 Å². The van der Waals surface area contributed by atoms with E-state index in [-0.39, 0.29) is 24.1 Å². The largest absolute Gasteiger partial charge is 0.377 e. The van der Waals surface area contributed by atoms with Crippen molar-refractivity contribution in [3.8, 4) is 0 Å². The second kappa shape index (κ2) is 11.8. The third-order valence-corrected chi connectivity index (χ3v) is 9.76. The first-order valence-corrected chi connectivity index (χ1v) is 14.8. The first-order valence-electron chi connectivity index (χ1n) is 13.6. The molecule has 11 nitrogen and oxygen atoms in total. The van der Waals surface area contributed by atoms with E-state index in [0.29, 0.717) is 34.2 Å². The molecular formula is C27H33ClFN9O2S. The zero-order valence-electron chi connectivity index (χ0n) is 22.9. The van der Waals surface area contributed by atoms with Crippen LogP contribution >= 0.6 is 23.4 Å². The Balaban J connectivity index is 1.09. The molecule has 6 rings (SSSR count). The number of aromatic nitrogens is 5. The zero-order chi connectivity index (χ0) is 28.6. The number of methoxy groups -OCH3 is 1. The normalized spacial score (nSPS) is 25.7. The predicted octanol–water partition coefficient (Wildman–Crippen LogP) is 3.72. The summed E-state index contributed by atoms with van der Waals surface area (Å²) in [5.41, 5.74) is 6.52. The molecule has 1 spiro atoms. The molecule has 41 heavy (non-hydrogen) atoms. The van der Waals surface area contributed by atoms with Gasteiger partial charge in [-0.25, -0.2) is 24.3 Å². The number of halogens is 2. The van der Waals surface area contributed by atoms with Crippen molar-refractivity contribution in [2.45, 2.75) is 54.1 Å². The molecule has 14 heteroatoms. The lowest BCUT2D eigenvalue weighted by atomic mass is 9.73. The Kier molecular flexibility index (Phi) is 8.14. The lowest BCUT2D eigenvalue weighted by Gasteiger charge is -2.41. The maximum atomic E-state index is 14.2. The third kappa shape index (κ3) is 5.78. The van der Waals surface area contributed by atoms with Gasteiger partial charge in [0.25, 0.3) is 0 Å². The SMILES string of the molecule is CO[C@H]1CN(c2nccc(Nc3nccc(Sc4cnc(N5CCC6(CC5)CO[C@@H](C)[C@H]6N)cn4)c3Cl)n2)C[C@H]1F. The first kappa shape index (κ1) is 28.3. The number of pyridine rings is 1. The number of nitrogens with two attached hydrogens (primary N) is 1. The van der Waals surface area contributed by atoms with Crippen LogP contribution in [-0.4, -0.2) is 89.2 Å². The number of hydrogen-bond acceptors (Lipinski definition) is 12. The topological polar surface area (TPSA) is 127 Å². The number of hydrogen-bond donors (Lipinski definition) is 2. The number of anilines is 4. The molecule has 0 bridgehead atoms. The highest BCUT2D eigenvalue weighted by Crippen LogP contribution is 2.42. The molecule has 3 fully saturated rings. The summed E-state index contributed by atoms with van der Waals surface area (Å²) in [6, 6.07) is 3.61. The van der Waals surface area contributed by atoms with Gasteiger partial charge in [-0.1, -0.05) is 23.4 Å². The number of piperidine rings is 1. The molecule has 3 aliphatic heterocycles. The summed E-state index contributed by atoms with van der Waals surface area (Å²) >= 11 is 8.13. The molecule has 3 N–H and O–H groups in total. The lowest BCUT2D eigenvalue weighted by molar-refractivity contribution is 0.0650. The second-order valence-corrected chi connectivity index (χ2v) is 12.2. The number of nitrogens with zero attached hydrogens (tertiary/aromatic N) is 7. The smallest absolute Gasteiger partial charge is 0.227 e. The number of ether oxygens (including phenoxy) is 2. The van der Waals surface area contributed by atoms with Gasteiger partial charge in [-0.2, -0.15) is 4.98 Å². The average molecular weight is 602 g/mol. The molecule has 0 unspecified atom stereocenters. The third-order valence-electron chi connectivity index (χ3n) is 8.29. The fourth-order valence-corrected chi connectivity index (χ4v) is 6.72. The maximum Gasteiger partial charge on any atom is 0.227 e. The van der Waals surface area contributed by atoms with Gasteiger partial charge in [0.1, 0.15) is 28.9 Å². The molecular weight excluding hydrogens is 569 g/mol. The summed E-state index contributed by atoms with van der Waals surface area (Å²) in [5, 5.41) is 4.30. The van der Waals surface area contributed by atoms with E-state index in [1.807, 2.05) is 6.07 Å². The van der Waals surface area contributed by atoms with Gasteiger partial charge in [-0.3, -0.25) is 0 Å². The van der Waals surface area contributed by atoms with E-state index in [4.69, 9.17) is 26.8 Å². The Labute approximate surface area is 247 Å². The van der Waals surface area contributed by atoms with Crippen molar-refractivity contribution in [2.24, 2.45) is 11.1 Å². The van der Waals surface area contributed by atoms with E-state index in [2.05, 4.69) is 42.1 Å². The second-order valence-electron chi connectivity index (χ2n) is 10.7. The number of alkyl halides is 1. The molecule has 0 radical (unpaired) electrons. The summed E-state index contributed by atoms with van der Waals surface area (Å²) in [6.07, 6.45) is 7.32. The van der Waals surface area contributed by atoms with Crippen molar-refractivity contribution in [3.63, 3.8) is 0 Å². The highest BCUT2D eigenvalue weighted by molar-refractivity contribution is 7.99. The maximum absolute atomic E-state index is 14.2. The highest BCUT2D eigenvalue weighted by atomic mass is 35.5. The van der Waals surface area contributed by atoms with Crippen LogP contribution < -0.4 is 20.9 Å². The van der Waals surface area contributed by atoms with Crippen molar-refractivity contribution < 1.29 is 13.9 Å². The molecule has 218 valence electrons. The summed E-state index contributed by atoms with van der Waals surface area (Å²) in [4.78, 5) is 27.3. The highest BCUT2D eigenvalue weighted by Gasteiger charge is 2.47. The number of rotatable bonds is 7. The number of nitrogens with one attached hydrogen (secondary N) is 1. The van der Waals surface area contributed by atoms with Crippen LogP contribution in [0.2, 0.25) is 5.02 Å². The quantitative estimate of drug-likeness (QED) is 0.410. The molecule has 3 aromatic heterocycles. The van der Waals surface area contributed by atoms with Gasteiger partial charge in [0, 0.05) is 48.9 Å². The minimum absolute atomic E-state index is 0.0645. The van der Waals surface area contributed by atoms with E-state index in [1.165, 1.54) is 18.9 Å². The van der Waals surface area contributed by atoms with Gasteiger partial charge in [0.2, 0.25) is 5.95 Å². The zero-order valence-corrected chi connectivity index (χ0v) is 24.5. The lowest BCUT2D eigenvalue weighted by Crippen LogP contribution is -2.50. The molecule has 0 aliphatic carbocycles. The van der Waals surface area contributed by atoms with Gasteiger partial charge < -0.3 is 30.3 Å². The Morgan fingerprint density at radius 1 is 1.12 bits per heavy atom. The van der Waals surface area contributed by atoms with Crippen molar-refractivity contribution in [1.29, 1.82) is 0 Å². The van der Waals surface area contributed by atoms with E-state index in [9.17, 15) is 4.39 Å².